The van der Waals surface area contributed by atoms with Crippen molar-refractivity contribution in [3.05, 3.63) is 85.8 Å². The maximum absolute atomic E-state index is 13.1. The van der Waals surface area contributed by atoms with Gasteiger partial charge < -0.3 is 4.57 Å². The van der Waals surface area contributed by atoms with Crippen LogP contribution in [0.2, 0.25) is 5.02 Å². The number of rotatable bonds is 5. The van der Waals surface area contributed by atoms with Crippen LogP contribution in [0.25, 0.3) is 11.2 Å². The minimum Gasteiger partial charge on any atom is -0.306 e. The lowest BCUT2D eigenvalue weighted by Crippen LogP contribution is -2.39. The highest BCUT2D eigenvalue weighted by Crippen LogP contribution is 2.14. The lowest BCUT2D eigenvalue weighted by atomic mass is 10.2. The molecule has 1 aromatic carbocycles. The number of fused-ring (bicyclic) bond motifs is 1. The van der Waals surface area contributed by atoms with E-state index in [1.807, 2.05) is 18.2 Å². The van der Waals surface area contributed by atoms with Crippen LogP contribution in [0.15, 0.2) is 63.4 Å². The molecule has 3 heterocycles. The molecule has 0 spiro atoms. The van der Waals surface area contributed by atoms with Gasteiger partial charge in [0.1, 0.15) is 0 Å². The van der Waals surface area contributed by atoms with Gasteiger partial charge in [-0.25, -0.2) is 10.2 Å². The summed E-state index contributed by atoms with van der Waals surface area (Å²) in [6, 6.07) is 12.5. The zero-order valence-electron chi connectivity index (χ0n) is 16.3. The highest BCUT2D eigenvalue weighted by atomic mass is 35.5. The molecule has 4 aromatic rings. The number of hydrogen-bond donors (Lipinski definition) is 1. The van der Waals surface area contributed by atoms with E-state index in [-0.39, 0.29) is 17.7 Å². The predicted octanol–water partition coefficient (Wildman–Crippen LogP) is 1.98. The van der Waals surface area contributed by atoms with E-state index in [1.54, 1.807) is 49.1 Å². The molecule has 9 nitrogen and oxygen atoms in total. The molecule has 152 valence electrons. The lowest BCUT2D eigenvalue weighted by molar-refractivity contribution is 0.655. The van der Waals surface area contributed by atoms with E-state index in [0.717, 1.165) is 10.1 Å². The van der Waals surface area contributed by atoms with Crippen molar-refractivity contribution >= 4 is 34.9 Å². The van der Waals surface area contributed by atoms with E-state index in [4.69, 9.17) is 11.6 Å². The standard InChI is InChI=1S/C20H18ClN7O2/c1-26-16-17(24-19(26)25-23-11-15-8-3-4-9-22-15)27(2)20(30)28(18(16)29)12-13-6-5-7-14(21)10-13/h3-11H,12H2,1-2H3,(H,24,25). The van der Waals surface area contributed by atoms with Crippen molar-refractivity contribution in [2.45, 2.75) is 6.54 Å². The molecule has 3 aromatic heterocycles. The summed E-state index contributed by atoms with van der Waals surface area (Å²) in [6.07, 6.45) is 3.20. The van der Waals surface area contributed by atoms with Gasteiger partial charge in [-0.2, -0.15) is 10.1 Å². The Kier molecular flexibility index (Phi) is 5.20. The van der Waals surface area contributed by atoms with Gasteiger partial charge in [-0.3, -0.25) is 18.9 Å². The van der Waals surface area contributed by atoms with Crippen LogP contribution in [0.1, 0.15) is 11.3 Å². The number of pyridine rings is 1. The molecule has 0 aliphatic heterocycles. The first-order valence-corrected chi connectivity index (χ1v) is 9.44. The van der Waals surface area contributed by atoms with Crippen LogP contribution < -0.4 is 16.7 Å². The van der Waals surface area contributed by atoms with Crippen molar-refractivity contribution in [3.8, 4) is 0 Å². The van der Waals surface area contributed by atoms with Crippen molar-refractivity contribution in [1.82, 2.24) is 23.7 Å². The van der Waals surface area contributed by atoms with Gasteiger partial charge in [-0.15, -0.1) is 0 Å². The third kappa shape index (κ3) is 3.62. The molecule has 0 aliphatic carbocycles. The first-order valence-electron chi connectivity index (χ1n) is 9.06. The van der Waals surface area contributed by atoms with Crippen LogP contribution >= 0.6 is 11.6 Å². The number of nitrogens with zero attached hydrogens (tertiary/aromatic N) is 6. The second-order valence-corrected chi connectivity index (χ2v) is 7.09. The number of aromatic nitrogens is 5. The average Bonchev–Trinajstić information content (AvgIpc) is 3.07. The highest BCUT2D eigenvalue weighted by Gasteiger charge is 2.18. The molecule has 30 heavy (non-hydrogen) atoms. The first kappa shape index (κ1) is 19.6. The molecule has 0 atom stereocenters. The molecule has 0 unspecified atom stereocenters. The third-order valence-corrected chi connectivity index (χ3v) is 4.87. The van der Waals surface area contributed by atoms with E-state index in [9.17, 15) is 9.59 Å². The summed E-state index contributed by atoms with van der Waals surface area (Å²) in [5.74, 6) is 0.324. The fourth-order valence-corrected chi connectivity index (χ4v) is 3.32. The number of hydrazone groups is 1. The number of aryl methyl sites for hydroxylation is 2. The third-order valence-electron chi connectivity index (χ3n) is 4.64. The molecule has 0 radical (unpaired) electrons. The van der Waals surface area contributed by atoms with Gasteiger partial charge in [-0.1, -0.05) is 29.8 Å². The zero-order chi connectivity index (χ0) is 21.3. The minimum atomic E-state index is -0.464. The first-order chi connectivity index (χ1) is 14.5. The smallest absolute Gasteiger partial charge is 0.306 e. The number of hydrogen-bond acceptors (Lipinski definition) is 6. The molecule has 0 saturated carbocycles. The molecular formula is C20H18ClN7O2. The summed E-state index contributed by atoms with van der Waals surface area (Å²) < 4.78 is 4.08. The average molecular weight is 424 g/mol. The van der Waals surface area contributed by atoms with Crippen LogP contribution in [0, 0.1) is 0 Å². The molecule has 0 saturated heterocycles. The summed E-state index contributed by atoms with van der Waals surface area (Å²) in [4.78, 5) is 34.4. The quantitative estimate of drug-likeness (QED) is 0.391. The summed E-state index contributed by atoms with van der Waals surface area (Å²) in [6.45, 7) is 0.105. The lowest BCUT2D eigenvalue weighted by Gasteiger charge is -2.09. The van der Waals surface area contributed by atoms with Crippen LogP contribution in [0.5, 0.6) is 0 Å². The minimum absolute atomic E-state index is 0.105. The largest absolute Gasteiger partial charge is 0.332 e. The maximum atomic E-state index is 13.1. The molecule has 0 bridgehead atoms. The molecule has 10 heteroatoms. The normalized spacial score (nSPS) is 11.4. The summed E-state index contributed by atoms with van der Waals surface area (Å²) in [7, 11) is 3.26. The Morgan fingerprint density at radius 1 is 1.13 bits per heavy atom. The highest BCUT2D eigenvalue weighted by molar-refractivity contribution is 6.30. The molecule has 4 rings (SSSR count). The van der Waals surface area contributed by atoms with Crippen LogP contribution in [0.3, 0.4) is 0 Å². The monoisotopic (exact) mass is 423 g/mol. The van der Waals surface area contributed by atoms with Gasteiger partial charge in [0.2, 0.25) is 5.95 Å². The zero-order valence-corrected chi connectivity index (χ0v) is 17.0. The van der Waals surface area contributed by atoms with Crippen molar-refractivity contribution in [3.63, 3.8) is 0 Å². The number of imidazole rings is 1. The second kappa shape index (κ2) is 7.96. The van der Waals surface area contributed by atoms with Gasteiger partial charge in [0.05, 0.1) is 18.5 Å². The molecule has 1 N–H and O–H groups in total. The van der Waals surface area contributed by atoms with Gasteiger partial charge in [0.25, 0.3) is 5.56 Å². The summed E-state index contributed by atoms with van der Waals surface area (Å²) >= 11 is 6.03. The van der Waals surface area contributed by atoms with Gasteiger partial charge >= 0.3 is 5.69 Å². The summed E-state index contributed by atoms with van der Waals surface area (Å²) in [5.41, 5.74) is 3.87. The van der Waals surface area contributed by atoms with E-state index in [0.29, 0.717) is 16.7 Å². The molecule has 0 aliphatic rings. The molecular weight excluding hydrogens is 406 g/mol. The van der Waals surface area contributed by atoms with Crippen molar-refractivity contribution in [1.29, 1.82) is 0 Å². The van der Waals surface area contributed by atoms with Gasteiger partial charge in [0, 0.05) is 25.3 Å². The number of nitrogens with one attached hydrogen (secondary N) is 1. The van der Waals surface area contributed by atoms with E-state index < -0.39 is 11.2 Å². The topological polar surface area (TPSA) is 99.1 Å². The second-order valence-electron chi connectivity index (χ2n) is 6.65. The number of anilines is 1. The fraction of sp³-hybridized carbons (Fsp3) is 0.150. The van der Waals surface area contributed by atoms with Gasteiger partial charge in [0.15, 0.2) is 11.2 Å². The Balaban J connectivity index is 1.74. The van der Waals surface area contributed by atoms with E-state index in [1.165, 1.54) is 10.8 Å². The Bertz CT molecular complexity index is 1370. The van der Waals surface area contributed by atoms with Crippen molar-refractivity contribution in [2.75, 3.05) is 5.43 Å². The Morgan fingerprint density at radius 3 is 2.70 bits per heavy atom. The van der Waals surface area contributed by atoms with Crippen molar-refractivity contribution < 1.29 is 0 Å². The maximum Gasteiger partial charge on any atom is 0.332 e. The van der Waals surface area contributed by atoms with Crippen LogP contribution in [-0.2, 0) is 20.6 Å². The molecule has 0 amide bonds. The van der Waals surface area contributed by atoms with Crippen LogP contribution in [-0.4, -0.2) is 29.9 Å². The summed E-state index contributed by atoms with van der Waals surface area (Å²) in [5, 5.41) is 4.66. The SMILES string of the molecule is Cn1c(NN=Cc2ccccn2)nc2c1c(=O)n(Cc1cccc(Cl)c1)c(=O)n2C. The van der Waals surface area contributed by atoms with Gasteiger partial charge in [-0.05, 0) is 29.8 Å². The Morgan fingerprint density at radius 2 is 1.97 bits per heavy atom. The number of benzene rings is 1. The van der Waals surface area contributed by atoms with Crippen LogP contribution in [0.4, 0.5) is 5.95 Å². The predicted molar refractivity (Wildman–Crippen MR) is 116 cm³/mol. The van der Waals surface area contributed by atoms with E-state index in [2.05, 4.69) is 20.5 Å². The Hall–Kier alpha value is -3.72. The van der Waals surface area contributed by atoms with E-state index >= 15 is 0 Å². The Labute approximate surface area is 175 Å². The van der Waals surface area contributed by atoms with Crippen molar-refractivity contribution in [2.24, 2.45) is 19.2 Å². The molecule has 0 fully saturated rings. The number of halogens is 1. The fourth-order valence-electron chi connectivity index (χ4n) is 3.11.